The molecule has 0 radical (unpaired) electrons. The van der Waals surface area contributed by atoms with Crippen LogP contribution < -0.4 is 9.64 Å². The van der Waals surface area contributed by atoms with Crippen molar-refractivity contribution < 1.29 is 19.0 Å². The number of carbonyl (C=O) groups is 1. The number of nitrogens with zero attached hydrogens (tertiary/aromatic N) is 2. The highest BCUT2D eigenvalue weighted by Gasteiger charge is 2.22. The van der Waals surface area contributed by atoms with E-state index < -0.39 is 0 Å². The lowest BCUT2D eigenvalue weighted by atomic mass is 10.1. The first-order valence-corrected chi connectivity index (χ1v) is 7.31. The standard InChI is InChI=1S/C15H22N2O4/c1-4-20-14-13(15(18)21-5-2)11(3)10-12(16-14)17-6-8-19-9-7-17/h10H,4-9H2,1-3H3. The van der Waals surface area contributed by atoms with Crippen LogP contribution in [-0.4, -0.2) is 50.5 Å². The monoisotopic (exact) mass is 294 g/mol. The topological polar surface area (TPSA) is 60.9 Å². The maximum atomic E-state index is 12.1. The van der Waals surface area contributed by atoms with Gasteiger partial charge in [-0.1, -0.05) is 0 Å². The third kappa shape index (κ3) is 3.64. The lowest BCUT2D eigenvalue weighted by molar-refractivity contribution is 0.0520. The Morgan fingerprint density at radius 1 is 1.33 bits per heavy atom. The molecule has 2 heterocycles. The zero-order chi connectivity index (χ0) is 15.2. The van der Waals surface area contributed by atoms with E-state index in [1.165, 1.54) is 0 Å². The number of pyridine rings is 1. The van der Waals surface area contributed by atoms with Gasteiger partial charge >= 0.3 is 5.97 Å². The van der Waals surface area contributed by atoms with Gasteiger partial charge in [0.2, 0.25) is 5.88 Å². The normalized spacial score (nSPS) is 14.9. The molecule has 116 valence electrons. The van der Waals surface area contributed by atoms with Crippen LogP contribution in [0, 0.1) is 6.92 Å². The number of carbonyl (C=O) groups excluding carboxylic acids is 1. The molecule has 6 heteroatoms. The Balaban J connectivity index is 2.35. The van der Waals surface area contributed by atoms with Gasteiger partial charge in [0.05, 0.1) is 26.4 Å². The third-order valence-corrected chi connectivity index (χ3v) is 3.27. The van der Waals surface area contributed by atoms with Gasteiger partial charge < -0.3 is 19.1 Å². The summed E-state index contributed by atoms with van der Waals surface area (Å²) in [6.45, 7) is 9.25. The van der Waals surface area contributed by atoms with Crippen LogP contribution in [0.15, 0.2) is 6.07 Å². The second-order valence-electron chi connectivity index (χ2n) is 4.73. The molecule has 0 aliphatic carbocycles. The molecule has 6 nitrogen and oxygen atoms in total. The maximum absolute atomic E-state index is 12.1. The van der Waals surface area contributed by atoms with Crippen LogP contribution in [0.25, 0.3) is 0 Å². The van der Waals surface area contributed by atoms with Crippen molar-refractivity contribution >= 4 is 11.8 Å². The van der Waals surface area contributed by atoms with Gasteiger partial charge in [-0.2, -0.15) is 4.98 Å². The number of hydrogen-bond acceptors (Lipinski definition) is 6. The molecule has 0 amide bonds. The van der Waals surface area contributed by atoms with E-state index >= 15 is 0 Å². The molecule has 0 spiro atoms. The first kappa shape index (κ1) is 15.6. The van der Waals surface area contributed by atoms with Crippen molar-refractivity contribution in [3.8, 4) is 5.88 Å². The smallest absolute Gasteiger partial charge is 0.343 e. The summed E-state index contributed by atoms with van der Waals surface area (Å²) in [4.78, 5) is 18.7. The number of esters is 1. The number of morpholine rings is 1. The lowest BCUT2D eigenvalue weighted by Crippen LogP contribution is -2.37. The van der Waals surface area contributed by atoms with E-state index in [4.69, 9.17) is 14.2 Å². The van der Waals surface area contributed by atoms with E-state index in [9.17, 15) is 4.79 Å². The van der Waals surface area contributed by atoms with E-state index in [1.807, 2.05) is 19.9 Å². The summed E-state index contributed by atoms with van der Waals surface area (Å²) in [5.41, 5.74) is 1.23. The summed E-state index contributed by atoms with van der Waals surface area (Å²) in [5.74, 6) is 0.768. The second kappa shape index (κ2) is 7.26. The van der Waals surface area contributed by atoms with Crippen molar-refractivity contribution in [1.82, 2.24) is 4.98 Å². The molecule has 0 aromatic carbocycles. The molecule has 1 fully saturated rings. The zero-order valence-electron chi connectivity index (χ0n) is 12.8. The Hall–Kier alpha value is -1.82. The van der Waals surface area contributed by atoms with Gasteiger partial charge in [0, 0.05) is 13.1 Å². The molecule has 1 aromatic heterocycles. The highest BCUT2D eigenvalue weighted by molar-refractivity contribution is 5.94. The van der Waals surface area contributed by atoms with E-state index in [1.54, 1.807) is 6.92 Å². The van der Waals surface area contributed by atoms with Crippen molar-refractivity contribution in [3.63, 3.8) is 0 Å². The number of anilines is 1. The molecule has 1 aliphatic rings. The van der Waals surface area contributed by atoms with Crippen LogP contribution in [-0.2, 0) is 9.47 Å². The number of hydrogen-bond donors (Lipinski definition) is 0. The van der Waals surface area contributed by atoms with Crippen molar-refractivity contribution in [1.29, 1.82) is 0 Å². The predicted octanol–water partition coefficient (Wildman–Crippen LogP) is 1.80. The van der Waals surface area contributed by atoms with Crippen LogP contribution in [0.5, 0.6) is 5.88 Å². The summed E-state index contributed by atoms with van der Waals surface area (Å²) in [6, 6.07) is 1.90. The first-order valence-electron chi connectivity index (χ1n) is 7.31. The summed E-state index contributed by atoms with van der Waals surface area (Å²) in [6.07, 6.45) is 0. The highest BCUT2D eigenvalue weighted by atomic mass is 16.5. The molecule has 0 saturated carbocycles. The Kier molecular flexibility index (Phi) is 5.38. The van der Waals surface area contributed by atoms with Crippen LogP contribution in [0.2, 0.25) is 0 Å². The quantitative estimate of drug-likeness (QED) is 0.772. The average molecular weight is 294 g/mol. The Bertz CT molecular complexity index is 499. The van der Waals surface area contributed by atoms with Crippen LogP contribution in [0.3, 0.4) is 0 Å². The van der Waals surface area contributed by atoms with Crippen LogP contribution >= 0.6 is 0 Å². The summed E-state index contributed by atoms with van der Waals surface area (Å²) in [5, 5.41) is 0. The van der Waals surface area contributed by atoms with Gasteiger partial charge in [-0.3, -0.25) is 0 Å². The number of aryl methyl sites for hydroxylation is 1. The zero-order valence-corrected chi connectivity index (χ0v) is 12.8. The van der Waals surface area contributed by atoms with Gasteiger partial charge in [0.25, 0.3) is 0 Å². The summed E-state index contributed by atoms with van der Waals surface area (Å²) in [7, 11) is 0. The minimum Gasteiger partial charge on any atom is -0.477 e. The van der Waals surface area contributed by atoms with E-state index in [0.717, 1.165) is 24.5 Å². The Morgan fingerprint density at radius 2 is 2.05 bits per heavy atom. The molecule has 0 atom stereocenters. The highest BCUT2D eigenvalue weighted by Crippen LogP contribution is 2.26. The van der Waals surface area contributed by atoms with Crippen LogP contribution in [0.1, 0.15) is 29.8 Å². The molecule has 1 saturated heterocycles. The molecule has 21 heavy (non-hydrogen) atoms. The fourth-order valence-corrected chi connectivity index (χ4v) is 2.27. The molecular formula is C15H22N2O4. The summed E-state index contributed by atoms with van der Waals surface area (Å²) < 4.78 is 16.0. The van der Waals surface area contributed by atoms with Crippen molar-refractivity contribution in [2.45, 2.75) is 20.8 Å². The van der Waals surface area contributed by atoms with Gasteiger partial charge in [-0.25, -0.2) is 4.79 Å². The molecule has 1 aromatic rings. The first-order chi connectivity index (χ1) is 10.2. The second-order valence-corrected chi connectivity index (χ2v) is 4.73. The largest absolute Gasteiger partial charge is 0.477 e. The Morgan fingerprint density at radius 3 is 2.67 bits per heavy atom. The molecular weight excluding hydrogens is 272 g/mol. The van der Waals surface area contributed by atoms with Crippen molar-refractivity contribution in [2.75, 3.05) is 44.4 Å². The van der Waals surface area contributed by atoms with Crippen molar-refractivity contribution in [3.05, 3.63) is 17.2 Å². The SMILES string of the molecule is CCOC(=O)c1c(C)cc(N2CCOCC2)nc1OCC. The van der Waals surface area contributed by atoms with Gasteiger partial charge in [0.1, 0.15) is 11.4 Å². The predicted molar refractivity (Wildman–Crippen MR) is 79.1 cm³/mol. The van der Waals surface area contributed by atoms with Crippen LogP contribution in [0.4, 0.5) is 5.82 Å². The maximum Gasteiger partial charge on any atom is 0.343 e. The molecule has 0 bridgehead atoms. The van der Waals surface area contributed by atoms with Gasteiger partial charge in [0.15, 0.2) is 0 Å². The van der Waals surface area contributed by atoms with E-state index in [0.29, 0.717) is 37.9 Å². The minimum absolute atomic E-state index is 0.328. The molecule has 1 aliphatic heterocycles. The van der Waals surface area contributed by atoms with E-state index in [-0.39, 0.29) is 5.97 Å². The van der Waals surface area contributed by atoms with E-state index in [2.05, 4.69) is 9.88 Å². The lowest BCUT2D eigenvalue weighted by Gasteiger charge is -2.28. The third-order valence-electron chi connectivity index (χ3n) is 3.27. The molecule has 0 N–H and O–H groups in total. The fourth-order valence-electron chi connectivity index (χ4n) is 2.27. The van der Waals surface area contributed by atoms with Crippen molar-refractivity contribution in [2.24, 2.45) is 0 Å². The minimum atomic E-state index is -0.389. The summed E-state index contributed by atoms with van der Waals surface area (Å²) >= 11 is 0. The van der Waals surface area contributed by atoms with Gasteiger partial charge in [-0.15, -0.1) is 0 Å². The number of aromatic nitrogens is 1. The Labute approximate surface area is 125 Å². The number of ether oxygens (including phenoxy) is 3. The fraction of sp³-hybridized carbons (Fsp3) is 0.600. The number of rotatable bonds is 5. The molecule has 0 unspecified atom stereocenters. The van der Waals surface area contributed by atoms with Gasteiger partial charge in [-0.05, 0) is 32.4 Å². The average Bonchev–Trinajstić information content (AvgIpc) is 2.48. The molecule has 2 rings (SSSR count).